The Kier molecular flexibility index (Phi) is 4.22. The lowest BCUT2D eigenvalue weighted by molar-refractivity contribution is 0.204. The highest BCUT2D eigenvalue weighted by atomic mass is 16.5. The summed E-state index contributed by atoms with van der Waals surface area (Å²) < 4.78 is 7.22. The molecular formula is C15H20N2O2. The van der Waals surface area contributed by atoms with Crippen molar-refractivity contribution in [1.29, 1.82) is 0 Å². The van der Waals surface area contributed by atoms with Gasteiger partial charge in [-0.15, -0.1) is 0 Å². The molecule has 0 aliphatic rings. The zero-order valence-electron chi connectivity index (χ0n) is 11.6. The Morgan fingerprint density at radius 3 is 2.84 bits per heavy atom. The number of ether oxygens (including phenoxy) is 1. The monoisotopic (exact) mass is 260 g/mol. The molecule has 0 aliphatic carbocycles. The minimum atomic E-state index is -0.703. The molecular weight excluding hydrogens is 240 g/mol. The zero-order valence-corrected chi connectivity index (χ0v) is 11.6. The van der Waals surface area contributed by atoms with Gasteiger partial charge in [0, 0.05) is 18.9 Å². The van der Waals surface area contributed by atoms with Crippen LogP contribution in [0, 0.1) is 6.92 Å². The van der Waals surface area contributed by atoms with Crippen molar-refractivity contribution in [3.05, 3.63) is 47.5 Å². The first-order chi connectivity index (χ1) is 9.17. The number of benzene rings is 1. The molecule has 4 heteroatoms. The van der Waals surface area contributed by atoms with E-state index in [1.54, 1.807) is 13.3 Å². The van der Waals surface area contributed by atoms with Gasteiger partial charge in [-0.1, -0.05) is 13.0 Å². The molecule has 1 heterocycles. The predicted molar refractivity (Wildman–Crippen MR) is 74.3 cm³/mol. The van der Waals surface area contributed by atoms with Gasteiger partial charge >= 0.3 is 0 Å². The molecule has 0 fully saturated rings. The van der Waals surface area contributed by atoms with Crippen molar-refractivity contribution in [2.24, 2.45) is 0 Å². The molecule has 1 unspecified atom stereocenters. The quantitative estimate of drug-likeness (QED) is 0.899. The minimum absolute atomic E-state index is 0.686. The molecule has 0 saturated heterocycles. The van der Waals surface area contributed by atoms with E-state index < -0.39 is 6.10 Å². The Bertz CT molecular complexity index is 549. The maximum Gasteiger partial charge on any atom is 0.142 e. The van der Waals surface area contributed by atoms with Crippen molar-refractivity contribution in [1.82, 2.24) is 9.55 Å². The van der Waals surface area contributed by atoms with Gasteiger partial charge in [0.2, 0.25) is 0 Å². The first-order valence-electron chi connectivity index (χ1n) is 6.51. The highest BCUT2D eigenvalue weighted by Gasteiger charge is 2.16. The second-order valence-electron chi connectivity index (χ2n) is 4.61. The van der Waals surface area contributed by atoms with Crippen molar-refractivity contribution in [3.8, 4) is 5.75 Å². The van der Waals surface area contributed by atoms with E-state index in [2.05, 4.69) is 11.9 Å². The number of rotatable bonds is 5. The Morgan fingerprint density at radius 1 is 1.42 bits per heavy atom. The second-order valence-corrected chi connectivity index (χ2v) is 4.61. The lowest BCUT2D eigenvalue weighted by atomic mass is 10.1. The van der Waals surface area contributed by atoms with Crippen molar-refractivity contribution in [2.45, 2.75) is 32.9 Å². The fourth-order valence-corrected chi connectivity index (χ4v) is 2.22. The van der Waals surface area contributed by atoms with E-state index in [1.165, 1.54) is 0 Å². The van der Waals surface area contributed by atoms with Crippen molar-refractivity contribution in [2.75, 3.05) is 7.11 Å². The molecule has 102 valence electrons. The predicted octanol–water partition coefficient (Wildman–Crippen LogP) is 2.69. The number of imidazole rings is 1. The summed E-state index contributed by atoms with van der Waals surface area (Å²) >= 11 is 0. The van der Waals surface area contributed by atoms with E-state index in [1.807, 2.05) is 35.9 Å². The van der Waals surface area contributed by atoms with Gasteiger partial charge in [-0.2, -0.15) is 0 Å². The number of aliphatic hydroxyl groups is 1. The van der Waals surface area contributed by atoms with Gasteiger partial charge in [-0.05, 0) is 36.6 Å². The van der Waals surface area contributed by atoms with Gasteiger partial charge < -0.3 is 14.4 Å². The lowest BCUT2D eigenvalue weighted by Crippen LogP contribution is -2.10. The van der Waals surface area contributed by atoms with Crippen LogP contribution in [0.2, 0.25) is 0 Å². The van der Waals surface area contributed by atoms with Gasteiger partial charge in [0.15, 0.2) is 0 Å². The zero-order chi connectivity index (χ0) is 13.8. The highest BCUT2D eigenvalue weighted by Crippen LogP contribution is 2.26. The summed E-state index contributed by atoms with van der Waals surface area (Å²) in [4.78, 5) is 4.27. The molecule has 0 amide bonds. The van der Waals surface area contributed by atoms with E-state index in [9.17, 15) is 5.11 Å². The van der Waals surface area contributed by atoms with Crippen LogP contribution >= 0.6 is 0 Å². The van der Waals surface area contributed by atoms with E-state index >= 15 is 0 Å². The van der Waals surface area contributed by atoms with Crippen LogP contribution in [0.4, 0.5) is 0 Å². The lowest BCUT2D eigenvalue weighted by Gasteiger charge is -2.14. The van der Waals surface area contributed by atoms with E-state index in [0.29, 0.717) is 5.82 Å². The van der Waals surface area contributed by atoms with Gasteiger partial charge in [0.1, 0.15) is 17.7 Å². The van der Waals surface area contributed by atoms with Crippen LogP contribution < -0.4 is 4.74 Å². The van der Waals surface area contributed by atoms with Gasteiger partial charge in [0.25, 0.3) is 0 Å². The first kappa shape index (κ1) is 13.6. The number of aryl methyl sites for hydroxylation is 2. The number of aliphatic hydroxyl groups excluding tert-OH is 1. The molecule has 1 N–H and O–H groups in total. The number of aromatic nitrogens is 2. The topological polar surface area (TPSA) is 47.3 Å². The smallest absolute Gasteiger partial charge is 0.142 e. The molecule has 0 radical (unpaired) electrons. The van der Waals surface area contributed by atoms with Crippen molar-refractivity contribution >= 4 is 0 Å². The Hall–Kier alpha value is -1.81. The van der Waals surface area contributed by atoms with Crippen LogP contribution in [0.1, 0.15) is 36.4 Å². The van der Waals surface area contributed by atoms with E-state index in [-0.39, 0.29) is 0 Å². The average molecular weight is 260 g/mol. The molecule has 1 atom stereocenters. The molecule has 0 aliphatic heterocycles. The molecule has 0 saturated carbocycles. The van der Waals surface area contributed by atoms with Crippen LogP contribution in [0.15, 0.2) is 30.6 Å². The third-order valence-electron chi connectivity index (χ3n) is 3.19. The van der Waals surface area contributed by atoms with Crippen molar-refractivity contribution in [3.63, 3.8) is 0 Å². The standard InChI is InChI=1S/C15H20N2O2/c1-4-8-17-9-7-16-15(17)14(18)12-5-6-13(19-3)11(2)10-12/h5-7,9-10,14,18H,4,8H2,1-3H3. The summed E-state index contributed by atoms with van der Waals surface area (Å²) in [5.41, 5.74) is 1.84. The summed E-state index contributed by atoms with van der Waals surface area (Å²) in [6.07, 6.45) is 3.94. The summed E-state index contributed by atoms with van der Waals surface area (Å²) in [6, 6.07) is 5.69. The number of methoxy groups -OCH3 is 1. The van der Waals surface area contributed by atoms with Crippen LogP contribution in [-0.2, 0) is 6.54 Å². The summed E-state index contributed by atoms with van der Waals surface area (Å²) in [5, 5.41) is 10.5. The van der Waals surface area contributed by atoms with Crippen LogP contribution in [0.25, 0.3) is 0 Å². The summed E-state index contributed by atoms with van der Waals surface area (Å²) in [7, 11) is 1.65. The molecule has 2 aromatic rings. The van der Waals surface area contributed by atoms with E-state index in [0.717, 1.165) is 29.8 Å². The fourth-order valence-electron chi connectivity index (χ4n) is 2.22. The number of hydrogen-bond donors (Lipinski definition) is 1. The molecule has 0 spiro atoms. The third kappa shape index (κ3) is 2.79. The minimum Gasteiger partial charge on any atom is -0.496 e. The van der Waals surface area contributed by atoms with Crippen LogP contribution in [-0.4, -0.2) is 21.8 Å². The normalized spacial score (nSPS) is 12.4. The van der Waals surface area contributed by atoms with Crippen LogP contribution in [0.5, 0.6) is 5.75 Å². The van der Waals surface area contributed by atoms with E-state index in [4.69, 9.17) is 4.74 Å². The average Bonchev–Trinajstić information content (AvgIpc) is 2.86. The van der Waals surface area contributed by atoms with Gasteiger partial charge in [0.05, 0.1) is 7.11 Å². The molecule has 19 heavy (non-hydrogen) atoms. The highest BCUT2D eigenvalue weighted by molar-refractivity contribution is 5.38. The molecule has 1 aromatic heterocycles. The molecule has 1 aromatic carbocycles. The number of nitrogens with zero attached hydrogens (tertiary/aromatic N) is 2. The number of hydrogen-bond acceptors (Lipinski definition) is 3. The first-order valence-corrected chi connectivity index (χ1v) is 6.51. The SMILES string of the molecule is CCCn1ccnc1C(O)c1ccc(OC)c(C)c1. The maximum absolute atomic E-state index is 10.5. The second kappa shape index (κ2) is 5.89. The Labute approximate surface area is 113 Å². The third-order valence-corrected chi connectivity index (χ3v) is 3.19. The Morgan fingerprint density at radius 2 is 2.21 bits per heavy atom. The fraction of sp³-hybridized carbons (Fsp3) is 0.400. The van der Waals surface area contributed by atoms with Gasteiger partial charge in [-0.25, -0.2) is 4.98 Å². The van der Waals surface area contributed by atoms with Crippen molar-refractivity contribution < 1.29 is 9.84 Å². The Balaban J connectivity index is 2.30. The molecule has 0 bridgehead atoms. The van der Waals surface area contributed by atoms with Gasteiger partial charge in [-0.3, -0.25) is 0 Å². The summed E-state index contributed by atoms with van der Waals surface area (Å²) in [6.45, 7) is 4.93. The maximum atomic E-state index is 10.5. The largest absolute Gasteiger partial charge is 0.496 e. The molecule has 2 rings (SSSR count). The van der Waals surface area contributed by atoms with Crippen LogP contribution in [0.3, 0.4) is 0 Å². The molecule has 4 nitrogen and oxygen atoms in total. The summed E-state index contributed by atoms with van der Waals surface area (Å²) in [5.74, 6) is 1.51.